The molecule has 0 aromatic heterocycles. The van der Waals surface area contributed by atoms with Gasteiger partial charge < -0.3 is 37.3 Å². The summed E-state index contributed by atoms with van der Waals surface area (Å²) in [6.07, 6.45) is 0.630. The largest absolute Gasteiger partial charge is 0.497 e. The Balaban J connectivity index is 2.78. The summed E-state index contributed by atoms with van der Waals surface area (Å²) < 4.78 is 9.26. The number of methoxy groups -OCH3 is 1. The van der Waals surface area contributed by atoms with E-state index in [0.29, 0.717) is 25.1 Å². The lowest BCUT2D eigenvalue weighted by Gasteiger charge is -2.15. The Kier molecular flexibility index (Phi) is 10.3. The molecule has 2 amide bonds. The Morgan fingerprint density at radius 2 is 2.00 bits per heavy atom. The maximum absolute atomic E-state index is 12.4. The van der Waals surface area contributed by atoms with Crippen LogP contribution in [0.5, 0.6) is 5.75 Å². The third-order valence-electron chi connectivity index (χ3n) is 3.83. The zero-order valence-electron chi connectivity index (χ0n) is 16.6. The lowest BCUT2D eigenvalue weighted by atomic mass is 10.1. The van der Waals surface area contributed by atoms with Crippen LogP contribution >= 0.6 is 0 Å². The molecule has 164 valence electrons. The van der Waals surface area contributed by atoms with Crippen LogP contribution in [0.1, 0.15) is 29.6 Å². The third-order valence-corrected chi connectivity index (χ3v) is 3.83. The fourth-order valence-corrected chi connectivity index (χ4v) is 2.31. The summed E-state index contributed by atoms with van der Waals surface area (Å²) in [4.78, 5) is 49.9. The number of carbonyl (C=O) groups excluding carboxylic acids is 4. The van der Waals surface area contributed by atoms with E-state index in [1.165, 1.54) is 19.2 Å². The van der Waals surface area contributed by atoms with Crippen LogP contribution in [0.25, 0.3) is 0 Å². The first-order valence-electron chi connectivity index (χ1n) is 8.99. The normalized spacial score (nSPS) is 11.0. The number of esters is 1. The van der Waals surface area contributed by atoms with Gasteiger partial charge in [-0.2, -0.15) is 0 Å². The molecule has 0 saturated heterocycles. The van der Waals surface area contributed by atoms with Crippen LogP contribution in [0.4, 0.5) is 5.69 Å². The van der Waals surface area contributed by atoms with Crippen molar-refractivity contribution in [2.45, 2.75) is 25.3 Å². The quantitative estimate of drug-likeness (QED) is 0.0687. The Morgan fingerprint density at radius 3 is 2.63 bits per heavy atom. The first-order chi connectivity index (χ1) is 14.3. The predicted molar refractivity (Wildman–Crippen MR) is 109 cm³/mol. The summed E-state index contributed by atoms with van der Waals surface area (Å²) >= 11 is 0. The van der Waals surface area contributed by atoms with Gasteiger partial charge in [0.1, 0.15) is 5.75 Å². The molecule has 1 aromatic rings. The van der Waals surface area contributed by atoms with Crippen molar-refractivity contribution in [1.82, 2.24) is 5.32 Å². The highest BCUT2D eigenvalue weighted by Gasteiger charge is 2.18. The van der Waals surface area contributed by atoms with E-state index >= 15 is 0 Å². The minimum Gasteiger partial charge on any atom is -0.497 e. The molecule has 0 saturated carbocycles. The Morgan fingerprint density at radius 1 is 1.27 bits per heavy atom. The van der Waals surface area contributed by atoms with Gasteiger partial charge in [0.15, 0.2) is 5.96 Å². The predicted octanol–water partition coefficient (Wildman–Crippen LogP) is -1.17. The molecule has 30 heavy (non-hydrogen) atoms. The van der Waals surface area contributed by atoms with E-state index in [1.54, 1.807) is 6.07 Å². The highest BCUT2D eigenvalue weighted by Crippen LogP contribution is 2.23. The summed E-state index contributed by atoms with van der Waals surface area (Å²) in [5, 5.41) is 5.11. The molecule has 1 aromatic carbocycles. The number of anilines is 1. The summed E-state index contributed by atoms with van der Waals surface area (Å²) in [6.45, 7) is 0.291. The third kappa shape index (κ3) is 8.56. The second-order valence-corrected chi connectivity index (χ2v) is 6.05. The highest BCUT2D eigenvalue weighted by molar-refractivity contribution is 6.05. The molecule has 0 bridgehead atoms. The SMILES string of the molecule is COc1ccc(C(=O)NCCC(=O)OC=O)c(NC(=O)[C@@H](N)CCCN=C(N)N)c1. The van der Waals surface area contributed by atoms with Gasteiger partial charge in [0.25, 0.3) is 5.91 Å². The zero-order chi connectivity index (χ0) is 22.5. The van der Waals surface area contributed by atoms with Crippen molar-refractivity contribution in [3.05, 3.63) is 23.8 Å². The molecule has 0 fully saturated rings. The van der Waals surface area contributed by atoms with Gasteiger partial charge in [-0.3, -0.25) is 24.2 Å². The zero-order valence-corrected chi connectivity index (χ0v) is 16.6. The number of carbonyl (C=O) groups is 4. The van der Waals surface area contributed by atoms with E-state index < -0.39 is 23.8 Å². The number of nitrogens with zero attached hydrogens (tertiary/aromatic N) is 1. The van der Waals surface area contributed by atoms with E-state index in [2.05, 4.69) is 20.4 Å². The number of nitrogens with one attached hydrogen (secondary N) is 2. The lowest BCUT2D eigenvalue weighted by molar-refractivity contribution is -0.151. The van der Waals surface area contributed by atoms with Crippen LogP contribution in [-0.2, 0) is 19.1 Å². The van der Waals surface area contributed by atoms with Crippen molar-refractivity contribution in [1.29, 1.82) is 0 Å². The van der Waals surface area contributed by atoms with Gasteiger partial charge in [-0.25, -0.2) is 0 Å². The molecule has 0 aliphatic carbocycles. The van der Waals surface area contributed by atoms with Crippen LogP contribution in [0.15, 0.2) is 23.2 Å². The molecular formula is C18H26N6O6. The van der Waals surface area contributed by atoms with Gasteiger partial charge in [-0.15, -0.1) is 0 Å². The minimum absolute atomic E-state index is 0.0157. The average Bonchev–Trinajstić information content (AvgIpc) is 2.70. The van der Waals surface area contributed by atoms with E-state index in [9.17, 15) is 19.2 Å². The maximum Gasteiger partial charge on any atom is 0.315 e. The summed E-state index contributed by atoms with van der Waals surface area (Å²) in [6, 6.07) is 3.62. The molecule has 1 rings (SSSR count). The molecule has 12 heteroatoms. The maximum atomic E-state index is 12.4. The molecule has 1 atom stereocenters. The number of amides is 2. The lowest BCUT2D eigenvalue weighted by Crippen LogP contribution is -2.36. The van der Waals surface area contributed by atoms with Crippen LogP contribution in [0.2, 0.25) is 0 Å². The Bertz CT molecular complexity index is 793. The fourth-order valence-electron chi connectivity index (χ4n) is 2.31. The Labute approximate surface area is 173 Å². The second kappa shape index (κ2) is 12.7. The molecule has 8 N–H and O–H groups in total. The molecular weight excluding hydrogens is 396 g/mol. The molecule has 0 heterocycles. The summed E-state index contributed by atoms with van der Waals surface area (Å²) in [7, 11) is 1.44. The summed E-state index contributed by atoms with van der Waals surface area (Å²) in [5.74, 6) is -1.46. The monoisotopic (exact) mass is 422 g/mol. The average molecular weight is 422 g/mol. The molecule has 0 unspecified atom stereocenters. The van der Waals surface area contributed by atoms with Crippen molar-refractivity contribution in [2.75, 3.05) is 25.5 Å². The number of guanidine groups is 1. The number of nitrogens with two attached hydrogens (primary N) is 3. The minimum atomic E-state index is -0.848. The first-order valence-corrected chi connectivity index (χ1v) is 8.99. The van der Waals surface area contributed by atoms with E-state index in [1.807, 2.05) is 0 Å². The number of hydrogen-bond acceptors (Lipinski definition) is 8. The van der Waals surface area contributed by atoms with Crippen LogP contribution in [0, 0.1) is 0 Å². The second-order valence-electron chi connectivity index (χ2n) is 6.05. The van der Waals surface area contributed by atoms with Gasteiger partial charge in [0.05, 0.1) is 30.8 Å². The molecule has 0 radical (unpaired) electrons. The van der Waals surface area contributed by atoms with Crippen molar-refractivity contribution >= 4 is 35.9 Å². The molecule has 0 spiro atoms. The fraction of sp³-hybridized carbons (Fsp3) is 0.389. The number of aliphatic imine (C=N–C) groups is 1. The van der Waals surface area contributed by atoms with Gasteiger partial charge in [-0.05, 0) is 25.0 Å². The van der Waals surface area contributed by atoms with E-state index in [4.69, 9.17) is 21.9 Å². The topological polar surface area (TPSA) is 201 Å². The number of rotatable bonds is 12. The molecule has 12 nitrogen and oxygen atoms in total. The number of benzene rings is 1. The van der Waals surface area contributed by atoms with Crippen LogP contribution < -0.4 is 32.6 Å². The van der Waals surface area contributed by atoms with Crippen molar-refractivity contribution in [3.8, 4) is 5.75 Å². The van der Waals surface area contributed by atoms with E-state index in [-0.39, 0.29) is 36.6 Å². The van der Waals surface area contributed by atoms with Crippen LogP contribution in [0.3, 0.4) is 0 Å². The van der Waals surface area contributed by atoms with Gasteiger partial charge in [0, 0.05) is 19.2 Å². The van der Waals surface area contributed by atoms with Gasteiger partial charge in [-0.1, -0.05) is 0 Å². The summed E-state index contributed by atoms with van der Waals surface area (Å²) in [5.41, 5.74) is 16.7. The van der Waals surface area contributed by atoms with Gasteiger partial charge in [0.2, 0.25) is 5.91 Å². The van der Waals surface area contributed by atoms with Crippen molar-refractivity contribution < 1.29 is 28.7 Å². The highest BCUT2D eigenvalue weighted by atomic mass is 16.6. The van der Waals surface area contributed by atoms with Crippen molar-refractivity contribution in [2.24, 2.45) is 22.2 Å². The first kappa shape index (κ1) is 24.4. The smallest absolute Gasteiger partial charge is 0.315 e. The molecule has 0 aliphatic heterocycles. The molecule has 0 aliphatic rings. The standard InChI is InChI=1S/C18H26N6O6/c1-29-11-4-5-12(16(27)22-8-6-15(26)30-10-25)14(9-11)24-17(28)13(19)3-2-7-23-18(20)21/h4-5,9-10,13H,2-3,6-8,19H2,1H3,(H,22,27)(H,24,28)(H4,20,21,23)/t13-/m0/s1. The number of ether oxygens (including phenoxy) is 2. The van der Waals surface area contributed by atoms with Crippen molar-refractivity contribution in [3.63, 3.8) is 0 Å². The number of hydrogen-bond donors (Lipinski definition) is 5. The van der Waals surface area contributed by atoms with Gasteiger partial charge >= 0.3 is 12.4 Å². The van der Waals surface area contributed by atoms with E-state index in [0.717, 1.165) is 0 Å². The van der Waals surface area contributed by atoms with Crippen LogP contribution in [-0.4, -0.2) is 56.5 Å². The Hall–Kier alpha value is -3.67.